The maximum atomic E-state index is 14.1. The quantitative estimate of drug-likeness (QED) is 0.444. The molecule has 0 unspecified atom stereocenters. The first-order valence-corrected chi connectivity index (χ1v) is 14.3. The number of aromatic amines is 1. The van der Waals surface area contributed by atoms with Crippen LogP contribution in [0.4, 0.5) is 5.69 Å². The van der Waals surface area contributed by atoms with Crippen molar-refractivity contribution in [3.8, 4) is 0 Å². The van der Waals surface area contributed by atoms with Crippen LogP contribution in [0, 0.1) is 0 Å². The number of ether oxygens (including phenoxy) is 1. The Bertz CT molecular complexity index is 1370. The van der Waals surface area contributed by atoms with Gasteiger partial charge in [0.1, 0.15) is 0 Å². The van der Waals surface area contributed by atoms with Crippen molar-refractivity contribution in [3.05, 3.63) is 63.8 Å². The molecule has 2 saturated heterocycles. The predicted molar refractivity (Wildman–Crippen MR) is 155 cm³/mol. The maximum Gasteiger partial charge on any atom is 0.195 e. The molecule has 38 heavy (non-hydrogen) atoms. The zero-order chi connectivity index (χ0) is 26.4. The molecule has 2 aliphatic heterocycles. The van der Waals surface area contributed by atoms with E-state index in [4.69, 9.17) is 4.74 Å². The Kier molecular flexibility index (Phi) is 6.65. The summed E-state index contributed by atoms with van der Waals surface area (Å²) in [6.45, 7) is 16.9. The lowest BCUT2D eigenvalue weighted by molar-refractivity contribution is 0.0115. The van der Waals surface area contributed by atoms with Crippen LogP contribution in [-0.2, 0) is 23.1 Å². The van der Waals surface area contributed by atoms with Gasteiger partial charge in [0.2, 0.25) is 0 Å². The van der Waals surface area contributed by atoms with Gasteiger partial charge in [-0.3, -0.25) is 14.7 Å². The molecule has 200 valence electrons. The molecular formula is C32H40N4O2. The number of hydrogen-bond acceptors (Lipinski definition) is 5. The van der Waals surface area contributed by atoms with Crippen molar-refractivity contribution in [2.45, 2.75) is 64.5 Å². The number of fused-ring (bicyclic) bond motifs is 4. The number of nitrogens with zero attached hydrogens (tertiary/aromatic N) is 3. The molecule has 6 heteroatoms. The third-order valence-electron chi connectivity index (χ3n) is 9.03. The van der Waals surface area contributed by atoms with Gasteiger partial charge in [-0.25, -0.2) is 0 Å². The van der Waals surface area contributed by atoms with E-state index in [2.05, 4.69) is 77.6 Å². The maximum absolute atomic E-state index is 14.1. The summed E-state index contributed by atoms with van der Waals surface area (Å²) < 4.78 is 5.58. The van der Waals surface area contributed by atoms with Gasteiger partial charge in [0.15, 0.2) is 5.78 Å². The van der Waals surface area contributed by atoms with E-state index in [0.717, 1.165) is 91.1 Å². The van der Waals surface area contributed by atoms with Crippen molar-refractivity contribution < 1.29 is 9.53 Å². The lowest BCUT2D eigenvalue weighted by Crippen LogP contribution is -2.49. The molecule has 1 N–H and O–H groups in total. The molecule has 0 amide bonds. The van der Waals surface area contributed by atoms with Crippen LogP contribution in [0.1, 0.15) is 78.3 Å². The molecule has 0 saturated carbocycles. The Labute approximate surface area is 226 Å². The summed E-state index contributed by atoms with van der Waals surface area (Å²) in [6.07, 6.45) is 4.41. The van der Waals surface area contributed by atoms with E-state index >= 15 is 0 Å². The molecule has 0 atom stereocenters. The molecule has 0 radical (unpaired) electrons. The number of nitrogens with one attached hydrogen (secondary N) is 1. The number of anilines is 1. The average Bonchev–Trinajstić information content (AvgIpc) is 3.33. The van der Waals surface area contributed by atoms with Crippen molar-refractivity contribution in [1.82, 2.24) is 9.88 Å². The van der Waals surface area contributed by atoms with Gasteiger partial charge in [0, 0.05) is 65.5 Å². The van der Waals surface area contributed by atoms with Crippen molar-refractivity contribution in [3.63, 3.8) is 0 Å². The molecular weight excluding hydrogens is 472 g/mol. The predicted octanol–water partition coefficient (Wildman–Crippen LogP) is 5.49. The van der Waals surface area contributed by atoms with Gasteiger partial charge >= 0.3 is 0 Å². The Balaban J connectivity index is 1.37. The third kappa shape index (κ3) is 4.18. The smallest absolute Gasteiger partial charge is 0.195 e. The number of aryl methyl sites for hydroxylation is 1. The van der Waals surface area contributed by atoms with E-state index in [0.29, 0.717) is 12.6 Å². The van der Waals surface area contributed by atoms with Gasteiger partial charge in [0.05, 0.1) is 25.3 Å². The fourth-order valence-corrected chi connectivity index (χ4v) is 6.96. The van der Waals surface area contributed by atoms with Crippen LogP contribution in [0.2, 0.25) is 0 Å². The Hall–Kier alpha value is -2.96. The zero-order valence-corrected chi connectivity index (χ0v) is 23.1. The van der Waals surface area contributed by atoms with E-state index in [9.17, 15) is 4.79 Å². The highest BCUT2D eigenvalue weighted by Gasteiger charge is 2.41. The minimum absolute atomic E-state index is 0.144. The number of rotatable bonds is 6. The number of aliphatic imine (C=N–C) groups is 1. The highest BCUT2D eigenvalue weighted by Crippen LogP contribution is 2.46. The Morgan fingerprint density at radius 1 is 1.11 bits per heavy atom. The van der Waals surface area contributed by atoms with Crippen LogP contribution >= 0.6 is 0 Å². The SMILES string of the molecule is C=NCc1ccc2c3c([nH]c2c1)C(C)(C)c1cc(N2CCC(N4CCOCC4)CC2)c(CCC)cc1C3=O. The first kappa shape index (κ1) is 25.3. The number of piperidine rings is 1. The van der Waals surface area contributed by atoms with Gasteiger partial charge in [-0.2, -0.15) is 0 Å². The highest BCUT2D eigenvalue weighted by atomic mass is 16.5. The van der Waals surface area contributed by atoms with Crippen LogP contribution in [0.15, 0.2) is 35.3 Å². The number of hydrogen-bond donors (Lipinski definition) is 1. The summed E-state index contributed by atoms with van der Waals surface area (Å²) in [6, 6.07) is 11.5. The van der Waals surface area contributed by atoms with Crippen molar-refractivity contribution >= 4 is 29.1 Å². The number of carbonyl (C=O) groups is 1. The van der Waals surface area contributed by atoms with Gasteiger partial charge in [-0.05, 0) is 60.9 Å². The standard InChI is InChI=1S/C32H40N4O2/c1-5-6-22-18-25-26(19-28(22)36-11-9-23(10-12-36)35-13-15-38-16-14-35)32(2,3)31-29(30(25)37)24-8-7-21(20-33-4)17-27(24)34-31/h7-8,17-19,23,34H,4-6,9-16,20H2,1-3H3. The van der Waals surface area contributed by atoms with Gasteiger partial charge in [-0.15, -0.1) is 0 Å². The molecule has 2 fully saturated rings. The lowest BCUT2D eigenvalue weighted by Gasteiger charge is -2.42. The molecule has 2 aromatic carbocycles. The van der Waals surface area contributed by atoms with Crippen molar-refractivity contribution in [2.24, 2.45) is 4.99 Å². The summed E-state index contributed by atoms with van der Waals surface area (Å²) in [7, 11) is 0. The number of ketones is 1. The number of aromatic nitrogens is 1. The number of benzene rings is 2. The van der Waals surface area contributed by atoms with Gasteiger partial charge < -0.3 is 14.6 Å². The second-order valence-corrected chi connectivity index (χ2v) is 11.7. The minimum Gasteiger partial charge on any atom is -0.379 e. The summed E-state index contributed by atoms with van der Waals surface area (Å²) in [5.74, 6) is 0.144. The first-order valence-electron chi connectivity index (χ1n) is 14.3. The molecule has 0 bridgehead atoms. The Morgan fingerprint density at radius 2 is 1.87 bits per heavy atom. The number of morpholine rings is 1. The normalized spacial score (nSPS) is 20.0. The molecule has 6 rings (SSSR count). The van der Waals surface area contributed by atoms with Crippen LogP contribution in [0.25, 0.3) is 10.9 Å². The molecule has 0 spiro atoms. The average molecular weight is 513 g/mol. The van der Waals surface area contributed by atoms with Crippen molar-refractivity contribution in [2.75, 3.05) is 44.3 Å². The molecule has 1 aromatic heterocycles. The summed E-state index contributed by atoms with van der Waals surface area (Å²) >= 11 is 0. The van der Waals surface area contributed by atoms with E-state index in [1.54, 1.807) is 0 Å². The second-order valence-electron chi connectivity index (χ2n) is 11.7. The Morgan fingerprint density at radius 3 is 2.58 bits per heavy atom. The molecule has 3 heterocycles. The van der Waals surface area contributed by atoms with E-state index in [-0.39, 0.29) is 11.2 Å². The molecule has 1 aliphatic carbocycles. The topological polar surface area (TPSA) is 60.9 Å². The third-order valence-corrected chi connectivity index (χ3v) is 9.03. The minimum atomic E-state index is -0.305. The van der Waals surface area contributed by atoms with Crippen LogP contribution in [-0.4, -0.2) is 67.8 Å². The summed E-state index contributed by atoms with van der Waals surface area (Å²) in [4.78, 5) is 27.0. The first-order chi connectivity index (χ1) is 18.4. The van der Waals surface area contributed by atoms with E-state index < -0.39 is 0 Å². The zero-order valence-electron chi connectivity index (χ0n) is 23.1. The van der Waals surface area contributed by atoms with Crippen LogP contribution < -0.4 is 4.90 Å². The molecule has 6 nitrogen and oxygen atoms in total. The highest BCUT2D eigenvalue weighted by molar-refractivity contribution is 6.20. The lowest BCUT2D eigenvalue weighted by atomic mass is 9.70. The van der Waals surface area contributed by atoms with E-state index in [1.165, 1.54) is 24.1 Å². The second kappa shape index (κ2) is 9.97. The van der Waals surface area contributed by atoms with Gasteiger partial charge in [-0.1, -0.05) is 39.3 Å². The monoisotopic (exact) mass is 512 g/mol. The summed E-state index contributed by atoms with van der Waals surface area (Å²) in [5.41, 5.74) is 8.29. The van der Waals surface area contributed by atoms with Gasteiger partial charge in [0.25, 0.3) is 0 Å². The molecule has 3 aromatic rings. The van der Waals surface area contributed by atoms with Crippen molar-refractivity contribution in [1.29, 1.82) is 0 Å². The van der Waals surface area contributed by atoms with E-state index in [1.807, 2.05) is 0 Å². The number of H-pyrrole nitrogens is 1. The van der Waals surface area contributed by atoms with Crippen LogP contribution in [0.5, 0.6) is 0 Å². The van der Waals surface area contributed by atoms with Crippen LogP contribution in [0.3, 0.4) is 0 Å². The summed E-state index contributed by atoms with van der Waals surface area (Å²) in [5, 5.41) is 1.00. The largest absolute Gasteiger partial charge is 0.379 e. The fraction of sp³-hybridized carbons (Fsp3) is 0.500. The molecule has 3 aliphatic rings. The fourth-order valence-electron chi connectivity index (χ4n) is 6.96. The number of carbonyl (C=O) groups excluding carboxylic acids is 1.